The van der Waals surface area contributed by atoms with Gasteiger partial charge in [0.1, 0.15) is 40.0 Å². The van der Waals surface area contributed by atoms with Crippen molar-refractivity contribution in [2.75, 3.05) is 27.4 Å². The minimum Gasteiger partial charge on any atom is -0.497 e. The van der Waals surface area contributed by atoms with Crippen LogP contribution in [0.2, 0.25) is 0 Å². The molecular formula is C47H50N2O8S2. The van der Waals surface area contributed by atoms with Gasteiger partial charge in [0.15, 0.2) is 0 Å². The largest absolute Gasteiger partial charge is 0.497 e. The molecule has 12 heteroatoms. The Labute approximate surface area is 355 Å². The Bertz CT molecular complexity index is 2240. The van der Waals surface area contributed by atoms with Gasteiger partial charge in [-0.25, -0.2) is 9.59 Å². The molecule has 2 saturated carbocycles. The number of amides is 2. The van der Waals surface area contributed by atoms with Crippen LogP contribution in [0, 0.1) is 17.8 Å². The molecular weight excluding hydrogens is 785 g/mol. The fourth-order valence-electron chi connectivity index (χ4n) is 9.31. The van der Waals surface area contributed by atoms with Gasteiger partial charge in [0, 0.05) is 24.1 Å². The molecule has 2 amide bonds. The number of fused-ring (bicyclic) bond motifs is 5. The third-order valence-electron chi connectivity index (χ3n) is 12.1. The molecule has 4 aliphatic rings. The van der Waals surface area contributed by atoms with E-state index in [1.54, 1.807) is 26.4 Å². The molecule has 10 nitrogen and oxygen atoms in total. The first-order chi connectivity index (χ1) is 28.6. The van der Waals surface area contributed by atoms with Crippen LogP contribution in [0.1, 0.15) is 80.7 Å². The molecule has 1 aromatic heterocycles. The maximum atomic E-state index is 13.9. The van der Waals surface area contributed by atoms with Crippen LogP contribution in [0.3, 0.4) is 0 Å². The van der Waals surface area contributed by atoms with Crippen LogP contribution in [0.15, 0.2) is 82.1 Å². The maximum absolute atomic E-state index is 13.9. The number of carbonyl (C=O) groups excluding carboxylic acids is 3. The number of nitrogens with zero attached hydrogens (tertiary/aromatic N) is 1. The second-order valence-corrected chi connectivity index (χ2v) is 18.0. The molecule has 3 fully saturated rings. The summed E-state index contributed by atoms with van der Waals surface area (Å²) in [5.41, 5.74) is 6.08. The van der Waals surface area contributed by atoms with E-state index in [0.717, 1.165) is 46.2 Å². The lowest BCUT2D eigenvalue weighted by molar-refractivity contribution is -0.146. The molecule has 4 atom stereocenters. The van der Waals surface area contributed by atoms with Crippen LogP contribution < -0.4 is 14.8 Å². The molecule has 3 aromatic carbocycles. The minimum absolute atomic E-state index is 0.0718. The lowest BCUT2D eigenvalue weighted by atomic mass is 9.94. The number of hydrogen-bond donors (Lipinski definition) is 1. The summed E-state index contributed by atoms with van der Waals surface area (Å²) in [6.45, 7) is 4.23. The topological polar surface area (TPSA) is 117 Å². The first-order valence-corrected chi connectivity index (χ1v) is 21.7. The lowest BCUT2D eigenvalue weighted by Crippen LogP contribution is -2.43. The van der Waals surface area contributed by atoms with Crippen molar-refractivity contribution in [2.45, 2.75) is 76.8 Å². The highest BCUT2D eigenvalue weighted by molar-refractivity contribution is 8.26. The number of ether oxygens (including phenoxy) is 4. The Morgan fingerprint density at radius 3 is 2.36 bits per heavy atom. The molecule has 1 N–H and O–H groups in total. The number of thiocarbonyl (C=S) groups is 1. The fourth-order valence-corrected chi connectivity index (χ4v) is 10.7. The van der Waals surface area contributed by atoms with Crippen molar-refractivity contribution in [1.82, 2.24) is 10.2 Å². The number of aryl methyl sites for hydroxylation is 1. The zero-order chi connectivity index (χ0) is 41.2. The number of alkyl carbamates (subject to hydrolysis) is 1. The second kappa shape index (κ2) is 17.6. The first kappa shape index (κ1) is 40.7. The Morgan fingerprint density at radius 1 is 0.949 bits per heavy atom. The molecule has 2 heterocycles. The summed E-state index contributed by atoms with van der Waals surface area (Å²) >= 11 is 7.09. The Kier molecular flexibility index (Phi) is 12.2. The normalized spacial score (nSPS) is 20.6. The molecule has 4 aromatic rings. The van der Waals surface area contributed by atoms with E-state index in [0.29, 0.717) is 63.3 Å². The number of thioether (sulfide) groups is 1. The summed E-state index contributed by atoms with van der Waals surface area (Å²) in [5, 5.41) is 2.78. The van der Waals surface area contributed by atoms with Crippen LogP contribution in [-0.2, 0) is 25.5 Å². The van der Waals surface area contributed by atoms with Gasteiger partial charge in [0.2, 0.25) is 0 Å². The molecule has 8 rings (SSSR count). The second-order valence-electron chi connectivity index (χ2n) is 16.3. The number of hydrogen-bond acceptors (Lipinski definition) is 10. The molecule has 0 unspecified atom stereocenters. The number of benzene rings is 3. The van der Waals surface area contributed by atoms with Crippen LogP contribution in [0.4, 0.5) is 4.79 Å². The summed E-state index contributed by atoms with van der Waals surface area (Å²) in [6.07, 6.45) is 7.05. The Hall–Kier alpha value is -5.07. The first-order valence-electron chi connectivity index (χ1n) is 20.5. The summed E-state index contributed by atoms with van der Waals surface area (Å²) in [6, 6.07) is 23.0. The third-order valence-corrected chi connectivity index (χ3v) is 13.4. The van der Waals surface area contributed by atoms with E-state index < -0.39 is 18.1 Å². The van der Waals surface area contributed by atoms with E-state index in [1.165, 1.54) is 24.6 Å². The number of nitrogens with one attached hydrogen (secondary N) is 1. The van der Waals surface area contributed by atoms with Crippen molar-refractivity contribution in [3.05, 3.63) is 100 Å². The van der Waals surface area contributed by atoms with Gasteiger partial charge in [-0.15, -0.1) is 0 Å². The predicted octanol–water partition coefficient (Wildman–Crippen LogP) is 9.78. The Morgan fingerprint density at radius 2 is 1.69 bits per heavy atom. The average molecular weight is 835 g/mol. The third kappa shape index (κ3) is 8.52. The van der Waals surface area contributed by atoms with E-state index >= 15 is 0 Å². The molecule has 1 saturated heterocycles. The van der Waals surface area contributed by atoms with E-state index in [-0.39, 0.29) is 37.0 Å². The molecule has 0 radical (unpaired) electrons. The van der Waals surface area contributed by atoms with Crippen molar-refractivity contribution in [3.8, 4) is 33.9 Å². The van der Waals surface area contributed by atoms with Gasteiger partial charge in [-0.05, 0) is 102 Å². The van der Waals surface area contributed by atoms with Crippen LogP contribution >= 0.6 is 24.0 Å². The molecule has 3 aliphatic carbocycles. The molecule has 308 valence electrons. The number of esters is 1. The lowest BCUT2D eigenvalue weighted by Gasteiger charge is -2.30. The molecule has 59 heavy (non-hydrogen) atoms. The maximum Gasteiger partial charge on any atom is 0.407 e. The molecule has 2 bridgehead atoms. The smallest absolute Gasteiger partial charge is 0.407 e. The number of rotatable bonds is 15. The van der Waals surface area contributed by atoms with Crippen molar-refractivity contribution in [1.29, 1.82) is 0 Å². The zero-order valence-corrected chi connectivity index (χ0v) is 35.5. The van der Waals surface area contributed by atoms with E-state index in [9.17, 15) is 14.4 Å². The van der Waals surface area contributed by atoms with Gasteiger partial charge in [0.05, 0.1) is 31.3 Å². The number of methoxy groups -OCH3 is 2. The highest BCUT2D eigenvalue weighted by Crippen LogP contribution is 2.50. The van der Waals surface area contributed by atoms with Gasteiger partial charge >= 0.3 is 12.1 Å². The monoisotopic (exact) mass is 834 g/mol. The highest BCUT2D eigenvalue weighted by atomic mass is 32.2. The summed E-state index contributed by atoms with van der Waals surface area (Å²) in [4.78, 5) is 42.9. The van der Waals surface area contributed by atoms with Crippen molar-refractivity contribution >= 4 is 52.3 Å². The summed E-state index contributed by atoms with van der Waals surface area (Å²) in [5.74, 6) is 2.93. The molecule has 0 spiro atoms. The van der Waals surface area contributed by atoms with Crippen LogP contribution in [-0.4, -0.2) is 66.7 Å². The zero-order valence-electron chi connectivity index (χ0n) is 33.9. The van der Waals surface area contributed by atoms with E-state index in [4.69, 9.17) is 35.6 Å². The minimum atomic E-state index is -0.874. The van der Waals surface area contributed by atoms with Gasteiger partial charge in [-0.3, -0.25) is 9.69 Å². The predicted molar refractivity (Wildman–Crippen MR) is 232 cm³/mol. The van der Waals surface area contributed by atoms with Gasteiger partial charge < -0.3 is 28.7 Å². The quantitative estimate of drug-likeness (QED) is 0.0537. The summed E-state index contributed by atoms with van der Waals surface area (Å²) < 4.78 is 29.7. The average Bonchev–Trinajstić information content (AvgIpc) is 4.07. The van der Waals surface area contributed by atoms with Crippen LogP contribution in [0.5, 0.6) is 11.5 Å². The standard InChI is InChI=1S/C47H50N2O8S2/c1-27(2)20-38(48-46(52)56-26-37-34-13-7-5-11-32(34)33-12-6-8-14-35(33)37)45(51)55-19-9-10-30-23-42(36-18-17-31(53-3)24-41(36)54-4)57-40(30)25-43-44(50)49(47(58)59-43)39-22-28-15-16-29(39)21-28/h5-8,11-14,17-18,23-25,27-29,37-39H,9-10,15-16,19-22,26H2,1-4H3,(H,48,52)/b43-25-/t28-,29-,38-,39-/m0/s1. The van der Waals surface area contributed by atoms with Gasteiger partial charge in [0.25, 0.3) is 5.91 Å². The van der Waals surface area contributed by atoms with Gasteiger partial charge in [-0.2, -0.15) is 0 Å². The van der Waals surface area contributed by atoms with E-state index in [2.05, 4.69) is 29.6 Å². The van der Waals surface area contributed by atoms with Crippen molar-refractivity contribution in [3.63, 3.8) is 0 Å². The van der Waals surface area contributed by atoms with Crippen molar-refractivity contribution < 1.29 is 37.7 Å². The molecule has 1 aliphatic heterocycles. The van der Waals surface area contributed by atoms with Crippen molar-refractivity contribution in [2.24, 2.45) is 17.8 Å². The number of carbonyl (C=O) groups is 3. The fraction of sp³-hybridized carbons (Fsp3) is 0.404. The Balaban J connectivity index is 0.933. The van der Waals surface area contributed by atoms with E-state index in [1.807, 2.05) is 61.2 Å². The van der Waals surface area contributed by atoms with Gasteiger partial charge in [-0.1, -0.05) is 92.8 Å². The number of furan rings is 1. The summed E-state index contributed by atoms with van der Waals surface area (Å²) in [7, 11) is 3.19. The highest BCUT2D eigenvalue weighted by Gasteiger charge is 2.48. The van der Waals surface area contributed by atoms with Crippen LogP contribution in [0.25, 0.3) is 28.5 Å². The SMILES string of the molecule is COc1ccc(-c2cc(CCCOC(=O)[C@H](CC(C)C)NC(=O)OCC3c4ccccc4-c4ccccc43)c(/C=C3\SC(=S)N([C@H]4C[C@H]5CC[C@H]4C5)C3=O)o2)c(OC)c1.